The molecule has 5 heteroatoms. The van der Waals surface area contributed by atoms with Crippen LogP contribution in [0.15, 0.2) is 58.2 Å². The van der Waals surface area contributed by atoms with E-state index in [-0.39, 0.29) is 5.84 Å². The van der Waals surface area contributed by atoms with Crippen LogP contribution in [0.2, 0.25) is 0 Å². The molecule has 0 atom stereocenters. The van der Waals surface area contributed by atoms with E-state index >= 15 is 0 Å². The molecule has 0 fully saturated rings. The van der Waals surface area contributed by atoms with Crippen LogP contribution in [0.4, 0.5) is 11.4 Å². The van der Waals surface area contributed by atoms with E-state index in [2.05, 4.69) is 21.1 Å². The highest BCUT2D eigenvalue weighted by Crippen LogP contribution is 2.29. The number of benzene rings is 2. The highest BCUT2D eigenvalue weighted by atomic mass is 79.9. The standard InChI is InChI=1S/C14H14BrN3O/c1-18(11-5-3-2-4-6-11)13-9-10(15)7-8-12(13)14(16)17-19/h2-9,19H,1H3,(H2,16,17). The van der Waals surface area contributed by atoms with Gasteiger partial charge in [0.2, 0.25) is 0 Å². The van der Waals surface area contributed by atoms with Crippen molar-refractivity contribution < 1.29 is 5.21 Å². The molecule has 3 N–H and O–H groups in total. The molecule has 98 valence electrons. The molecule has 0 radical (unpaired) electrons. The van der Waals surface area contributed by atoms with Gasteiger partial charge in [-0.05, 0) is 30.3 Å². The minimum atomic E-state index is 0.0882. The molecular weight excluding hydrogens is 306 g/mol. The third-order valence-corrected chi connectivity index (χ3v) is 3.34. The first-order valence-corrected chi connectivity index (χ1v) is 6.49. The number of oxime groups is 1. The van der Waals surface area contributed by atoms with Gasteiger partial charge in [-0.2, -0.15) is 0 Å². The second-order valence-electron chi connectivity index (χ2n) is 4.04. The smallest absolute Gasteiger partial charge is 0.172 e. The van der Waals surface area contributed by atoms with Crippen molar-refractivity contribution in [2.24, 2.45) is 10.9 Å². The van der Waals surface area contributed by atoms with Crippen molar-refractivity contribution in [2.75, 3.05) is 11.9 Å². The predicted molar refractivity (Wildman–Crippen MR) is 81.2 cm³/mol. The Kier molecular flexibility index (Phi) is 4.06. The molecule has 0 unspecified atom stereocenters. The molecule has 4 nitrogen and oxygen atoms in total. The summed E-state index contributed by atoms with van der Waals surface area (Å²) >= 11 is 3.44. The van der Waals surface area contributed by atoms with E-state index < -0.39 is 0 Å². The Labute approximate surface area is 120 Å². The minimum absolute atomic E-state index is 0.0882. The third kappa shape index (κ3) is 2.88. The van der Waals surface area contributed by atoms with Gasteiger partial charge in [-0.25, -0.2) is 0 Å². The second kappa shape index (κ2) is 5.75. The van der Waals surface area contributed by atoms with Crippen LogP contribution in [-0.2, 0) is 0 Å². The number of para-hydroxylation sites is 1. The van der Waals surface area contributed by atoms with Crippen molar-refractivity contribution in [2.45, 2.75) is 0 Å². The SMILES string of the molecule is CN(c1ccccc1)c1cc(Br)ccc1/C(N)=N/O. The summed E-state index contributed by atoms with van der Waals surface area (Å²) < 4.78 is 0.930. The number of halogens is 1. The molecule has 0 aliphatic carbocycles. The Bertz CT molecular complexity index is 599. The zero-order chi connectivity index (χ0) is 13.8. The van der Waals surface area contributed by atoms with Crippen molar-refractivity contribution in [3.63, 3.8) is 0 Å². The van der Waals surface area contributed by atoms with E-state index in [9.17, 15) is 0 Å². The Balaban J connectivity index is 2.52. The molecule has 0 amide bonds. The van der Waals surface area contributed by atoms with Gasteiger partial charge in [0.25, 0.3) is 0 Å². The number of rotatable bonds is 3. The van der Waals surface area contributed by atoms with Gasteiger partial charge in [0, 0.05) is 22.8 Å². The van der Waals surface area contributed by atoms with Crippen molar-refractivity contribution in [1.82, 2.24) is 0 Å². The highest BCUT2D eigenvalue weighted by molar-refractivity contribution is 9.10. The van der Waals surface area contributed by atoms with Gasteiger partial charge < -0.3 is 15.8 Å². The Morgan fingerprint density at radius 2 is 1.89 bits per heavy atom. The molecular formula is C14H14BrN3O. The van der Waals surface area contributed by atoms with Crippen LogP contribution in [0.25, 0.3) is 0 Å². The Morgan fingerprint density at radius 3 is 2.53 bits per heavy atom. The minimum Gasteiger partial charge on any atom is -0.409 e. The molecule has 0 spiro atoms. The van der Waals surface area contributed by atoms with E-state index in [0.29, 0.717) is 5.56 Å². The first-order chi connectivity index (χ1) is 9.13. The number of hydrogen-bond donors (Lipinski definition) is 2. The average Bonchev–Trinajstić information content (AvgIpc) is 2.46. The van der Waals surface area contributed by atoms with Crippen LogP contribution in [0, 0.1) is 0 Å². The monoisotopic (exact) mass is 319 g/mol. The van der Waals surface area contributed by atoms with E-state index in [1.807, 2.05) is 60.5 Å². The Hall–Kier alpha value is -2.01. The molecule has 0 saturated carbocycles. The normalized spacial score (nSPS) is 11.4. The zero-order valence-corrected chi connectivity index (χ0v) is 12.0. The molecule has 0 aliphatic heterocycles. The second-order valence-corrected chi connectivity index (χ2v) is 4.96. The number of hydrogen-bond acceptors (Lipinski definition) is 3. The predicted octanol–water partition coefficient (Wildman–Crippen LogP) is 3.31. The van der Waals surface area contributed by atoms with E-state index in [0.717, 1.165) is 15.8 Å². The van der Waals surface area contributed by atoms with Gasteiger partial charge in [-0.15, -0.1) is 0 Å². The molecule has 0 aromatic heterocycles. The summed E-state index contributed by atoms with van der Waals surface area (Å²) in [6.45, 7) is 0. The first kappa shape index (κ1) is 13.4. The van der Waals surface area contributed by atoms with Crippen molar-refractivity contribution in [3.05, 3.63) is 58.6 Å². The molecule has 0 saturated heterocycles. The Morgan fingerprint density at radius 1 is 1.21 bits per heavy atom. The quantitative estimate of drug-likeness (QED) is 0.395. The first-order valence-electron chi connectivity index (χ1n) is 5.69. The summed E-state index contributed by atoms with van der Waals surface area (Å²) in [4.78, 5) is 1.98. The molecule has 2 aromatic rings. The molecule has 2 rings (SSSR count). The van der Waals surface area contributed by atoms with E-state index in [1.54, 1.807) is 0 Å². The van der Waals surface area contributed by atoms with Crippen LogP contribution < -0.4 is 10.6 Å². The van der Waals surface area contributed by atoms with Crippen LogP contribution in [0.3, 0.4) is 0 Å². The van der Waals surface area contributed by atoms with Crippen LogP contribution in [-0.4, -0.2) is 18.1 Å². The van der Waals surface area contributed by atoms with E-state index in [4.69, 9.17) is 10.9 Å². The maximum atomic E-state index is 8.87. The number of nitrogens with zero attached hydrogens (tertiary/aromatic N) is 2. The number of amidine groups is 1. The van der Waals surface area contributed by atoms with E-state index in [1.165, 1.54) is 0 Å². The average molecular weight is 320 g/mol. The molecule has 0 bridgehead atoms. The van der Waals surface area contributed by atoms with Gasteiger partial charge in [-0.1, -0.05) is 39.3 Å². The summed E-state index contributed by atoms with van der Waals surface area (Å²) in [7, 11) is 1.94. The van der Waals surface area contributed by atoms with Gasteiger partial charge in [0.15, 0.2) is 5.84 Å². The van der Waals surface area contributed by atoms with Crippen molar-refractivity contribution in [3.8, 4) is 0 Å². The van der Waals surface area contributed by atoms with Crippen LogP contribution in [0.1, 0.15) is 5.56 Å². The van der Waals surface area contributed by atoms with Crippen molar-refractivity contribution in [1.29, 1.82) is 0 Å². The zero-order valence-electron chi connectivity index (χ0n) is 10.4. The maximum absolute atomic E-state index is 8.87. The lowest BCUT2D eigenvalue weighted by molar-refractivity contribution is 0.318. The maximum Gasteiger partial charge on any atom is 0.172 e. The number of nitrogens with two attached hydrogens (primary N) is 1. The van der Waals surface area contributed by atoms with Gasteiger partial charge in [-0.3, -0.25) is 0 Å². The lowest BCUT2D eigenvalue weighted by Gasteiger charge is -2.22. The third-order valence-electron chi connectivity index (χ3n) is 2.85. The topological polar surface area (TPSA) is 61.8 Å². The fourth-order valence-corrected chi connectivity index (χ4v) is 2.19. The summed E-state index contributed by atoms with van der Waals surface area (Å²) in [6, 6.07) is 15.5. The van der Waals surface area contributed by atoms with Gasteiger partial charge in [0.1, 0.15) is 0 Å². The van der Waals surface area contributed by atoms with Crippen LogP contribution in [0.5, 0.6) is 0 Å². The summed E-state index contributed by atoms with van der Waals surface area (Å²) in [5, 5.41) is 11.9. The fraction of sp³-hybridized carbons (Fsp3) is 0.0714. The molecule has 0 heterocycles. The van der Waals surface area contributed by atoms with Gasteiger partial charge in [0.05, 0.1) is 5.69 Å². The van der Waals surface area contributed by atoms with Crippen LogP contribution >= 0.6 is 15.9 Å². The lowest BCUT2D eigenvalue weighted by Crippen LogP contribution is -2.19. The molecule has 0 aliphatic rings. The van der Waals surface area contributed by atoms with Gasteiger partial charge >= 0.3 is 0 Å². The lowest BCUT2D eigenvalue weighted by atomic mass is 10.1. The van der Waals surface area contributed by atoms with Crippen molar-refractivity contribution >= 4 is 33.1 Å². The highest BCUT2D eigenvalue weighted by Gasteiger charge is 2.12. The summed E-state index contributed by atoms with van der Waals surface area (Å²) in [6.07, 6.45) is 0. The fourth-order valence-electron chi connectivity index (χ4n) is 1.84. The molecule has 19 heavy (non-hydrogen) atoms. The largest absolute Gasteiger partial charge is 0.409 e. The number of anilines is 2. The summed E-state index contributed by atoms with van der Waals surface area (Å²) in [5.41, 5.74) is 8.28. The summed E-state index contributed by atoms with van der Waals surface area (Å²) in [5.74, 6) is 0.0882. The molecule has 2 aromatic carbocycles.